The fourth-order valence-electron chi connectivity index (χ4n) is 1.10. The predicted molar refractivity (Wildman–Crippen MR) is 56.4 cm³/mol. The maximum atomic E-state index is 12.5. The molecule has 0 aliphatic carbocycles. The smallest absolute Gasteiger partial charge is 0.280 e. The van der Waals surface area contributed by atoms with Gasteiger partial charge in [-0.05, 0) is 22.6 Å². The summed E-state index contributed by atoms with van der Waals surface area (Å²) in [5.41, 5.74) is 5.33. The van der Waals surface area contributed by atoms with E-state index in [1.807, 2.05) is 22.6 Å². The van der Waals surface area contributed by atoms with Crippen LogP contribution in [0.1, 0.15) is 17.7 Å². The van der Waals surface area contributed by atoms with Crippen molar-refractivity contribution in [1.29, 1.82) is 0 Å². The number of ether oxygens (including phenoxy) is 1. The number of nitrogens with zero attached hydrogens (tertiary/aromatic N) is 1. The molecule has 0 radical (unpaired) electrons. The van der Waals surface area contributed by atoms with Crippen LogP contribution in [0.2, 0.25) is 0 Å². The molecule has 1 aromatic heterocycles. The molecule has 6 heteroatoms. The number of hydrogen-bond donors (Lipinski definition) is 1. The van der Waals surface area contributed by atoms with Gasteiger partial charge in [0.15, 0.2) is 0 Å². The first-order chi connectivity index (χ1) is 6.60. The zero-order valence-electron chi connectivity index (χ0n) is 7.43. The summed E-state index contributed by atoms with van der Waals surface area (Å²) in [6, 6.07) is 1.58. The molecule has 0 saturated heterocycles. The van der Waals surface area contributed by atoms with Crippen LogP contribution < -0.4 is 10.5 Å². The normalized spacial score (nSPS) is 10.7. The van der Waals surface area contributed by atoms with Crippen molar-refractivity contribution in [2.45, 2.75) is 13.0 Å². The van der Waals surface area contributed by atoms with E-state index in [4.69, 9.17) is 10.5 Å². The molecule has 1 aromatic rings. The Hall–Kier alpha value is -0.500. The topological polar surface area (TPSA) is 48.1 Å². The van der Waals surface area contributed by atoms with Crippen molar-refractivity contribution in [1.82, 2.24) is 4.98 Å². The first-order valence-electron chi connectivity index (χ1n) is 3.81. The standard InChI is InChI=1S/C8H9F2IN2O/c1-14-5-2-6(11)13-7(8(9)10)4(5)3-12/h2,8H,3,12H2,1H3. The van der Waals surface area contributed by atoms with Crippen LogP contribution in [0.25, 0.3) is 0 Å². The van der Waals surface area contributed by atoms with Gasteiger partial charge >= 0.3 is 0 Å². The van der Waals surface area contributed by atoms with E-state index in [0.717, 1.165) is 0 Å². The Labute approximate surface area is 93.8 Å². The number of rotatable bonds is 3. The van der Waals surface area contributed by atoms with Crippen LogP contribution in [0.3, 0.4) is 0 Å². The van der Waals surface area contributed by atoms with E-state index in [1.165, 1.54) is 7.11 Å². The molecule has 0 amide bonds. The minimum absolute atomic E-state index is 0.00718. The van der Waals surface area contributed by atoms with Crippen molar-refractivity contribution in [3.8, 4) is 5.75 Å². The van der Waals surface area contributed by atoms with Gasteiger partial charge in [0.05, 0.1) is 7.11 Å². The highest BCUT2D eigenvalue weighted by Gasteiger charge is 2.18. The molecule has 0 fully saturated rings. The number of aromatic nitrogens is 1. The van der Waals surface area contributed by atoms with Crippen LogP contribution in [0.15, 0.2) is 6.07 Å². The number of pyridine rings is 1. The minimum atomic E-state index is -2.63. The van der Waals surface area contributed by atoms with Crippen LogP contribution in [-0.2, 0) is 6.54 Å². The third-order valence-corrected chi connectivity index (χ3v) is 2.27. The summed E-state index contributed by atoms with van der Waals surface area (Å²) in [6.07, 6.45) is -2.63. The highest BCUT2D eigenvalue weighted by molar-refractivity contribution is 14.1. The van der Waals surface area contributed by atoms with E-state index in [2.05, 4.69) is 4.98 Å². The number of alkyl halides is 2. The molecule has 0 saturated carbocycles. The van der Waals surface area contributed by atoms with E-state index >= 15 is 0 Å². The van der Waals surface area contributed by atoms with Crippen molar-refractivity contribution < 1.29 is 13.5 Å². The highest BCUT2D eigenvalue weighted by atomic mass is 127. The van der Waals surface area contributed by atoms with Crippen LogP contribution in [0, 0.1) is 3.70 Å². The third-order valence-electron chi connectivity index (χ3n) is 1.71. The van der Waals surface area contributed by atoms with Crippen LogP contribution in [0.4, 0.5) is 8.78 Å². The molecule has 0 aromatic carbocycles. The fourth-order valence-corrected chi connectivity index (χ4v) is 1.65. The Morgan fingerprint density at radius 3 is 2.71 bits per heavy atom. The number of halogens is 3. The Bertz CT molecular complexity index is 333. The van der Waals surface area contributed by atoms with Crippen molar-refractivity contribution in [2.24, 2.45) is 5.73 Å². The Morgan fingerprint density at radius 1 is 1.64 bits per heavy atom. The maximum Gasteiger partial charge on any atom is 0.280 e. The molecular weight excluding hydrogens is 305 g/mol. The van der Waals surface area contributed by atoms with Crippen molar-refractivity contribution in [3.63, 3.8) is 0 Å². The second-order valence-electron chi connectivity index (χ2n) is 2.52. The number of methoxy groups -OCH3 is 1. The molecule has 0 spiro atoms. The summed E-state index contributed by atoms with van der Waals surface area (Å²) in [6.45, 7) is -0.00718. The van der Waals surface area contributed by atoms with Crippen LogP contribution in [-0.4, -0.2) is 12.1 Å². The monoisotopic (exact) mass is 314 g/mol. The Morgan fingerprint density at radius 2 is 2.29 bits per heavy atom. The Balaban J connectivity index is 3.31. The lowest BCUT2D eigenvalue weighted by molar-refractivity contribution is 0.144. The zero-order chi connectivity index (χ0) is 10.7. The van der Waals surface area contributed by atoms with Gasteiger partial charge < -0.3 is 10.5 Å². The lowest BCUT2D eigenvalue weighted by Gasteiger charge is -2.11. The lowest BCUT2D eigenvalue weighted by atomic mass is 10.2. The van der Waals surface area contributed by atoms with Crippen molar-refractivity contribution >= 4 is 22.6 Å². The summed E-state index contributed by atoms with van der Waals surface area (Å²) in [7, 11) is 1.42. The van der Waals surface area contributed by atoms with Gasteiger partial charge in [0.25, 0.3) is 6.43 Å². The molecule has 78 valence electrons. The molecule has 3 nitrogen and oxygen atoms in total. The number of nitrogens with two attached hydrogens (primary N) is 1. The third kappa shape index (κ3) is 2.30. The largest absolute Gasteiger partial charge is 0.496 e. The highest BCUT2D eigenvalue weighted by Crippen LogP contribution is 2.29. The van der Waals surface area contributed by atoms with E-state index in [0.29, 0.717) is 9.45 Å². The minimum Gasteiger partial charge on any atom is -0.496 e. The van der Waals surface area contributed by atoms with E-state index in [-0.39, 0.29) is 17.8 Å². The van der Waals surface area contributed by atoms with Gasteiger partial charge in [0, 0.05) is 18.2 Å². The Kier molecular flexibility index (Phi) is 3.99. The second-order valence-corrected chi connectivity index (χ2v) is 3.62. The molecule has 0 aliphatic heterocycles. The van der Waals surface area contributed by atoms with Gasteiger partial charge in [-0.3, -0.25) is 0 Å². The van der Waals surface area contributed by atoms with Crippen molar-refractivity contribution in [3.05, 3.63) is 21.0 Å². The zero-order valence-corrected chi connectivity index (χ0v) is 9.59. The molecule has 1 heterocycles. The van der Waals surface area contributed by atoms with Gasteiger partial charge in [-0.1, -0.05) is 0 Å². The summed E-state index contributed by atoms with van der Waals surface area (Å²) in [5.74, 6) is 0.363. The van der Waals surface area contributed by atoms with E-state index in [1.54, 1.807) is 6.07 Å². The predicted octanol–water partition coefficient (Wildman–Crippen LogP) is 2.09. The van der Waals surface area contributed by atoms with Crippen LogP contribution >= 0.6 is 22.6 Å². The molecule has 0 aliphatic rings. The first-order valence-corrected chi connectivity index (χ1v) is 4.89. The van der Waals surface area contributed by atoms with Gasteiger partial charge in [-0.25, -0.2) is 13.8 Å². The number of hydrogen-bond acceptors (Lipinski definition) is 3. The molecule has 0 atom stereocenters. The lowest BCUT2D eigenvalue weighted by Crippen LogP contribution is -2.08. The fraction of sp³-hybridized carbons (Fsp3) is 0.375. The molecule has 2 N–H and O–H groups in total. The van der Waals surface area contributed by atoms with Gasteiger partial charge in [-0.2, -0.15) is 0 Å². The quantitative estimate of drug-likeness (QED) is 0.686. The van der Waals surface area contributed by atoms with Crippen molar-refractivity contribution in [2.75, 3.05) is 7.11 Å². The molecule has 0 unspecified atom stereocenters. The molecule has 0 bridgehead atoms. The van der Waals surface area contributed by atoms with E-state index in [9.17, 15) is 8.78 Å². The average molecular weight is 314 g/mol. The SMILES string of the molecule is COc1cc(I)nc(C(F)F)c1CN. The summed E-state index contributed by atoms with van der Waals surface area (Å²) >= 11 is 1.86. The first kappa shape index (κ1) is 11.6. The van der Waals surface area contributed by atoms with Gasteiger partial charge in [-0.15, -0.1) is 0 Å². The summed E-state index contributed by atoms with van der Waals surface area (Å²) < 4.78 is 30.5. The summed E-state index contributed by atoms with van der Waals surface area (Å²) in [5, 5.41) is 0. The van der Waals surface area contributed by atoms with Gasteiger partial charge in [0.1, 0.15) is 15.1 Å². The van der Waals surface area contributed by atoms with Crippen LogP contribution in [0.5, 0.6) is 5.75 Å². The summed E-state index contributed by atoms with van der Waals surface area (Å²) in [4.78, 5) is 3.73. The molecule has 14 heavy (non-hydrogen) atoms. The molecular formula is C8H9F2IN2O. The van der Waals surface area contributed by atoms with Gasteiger partial charge in [0.2, 0.25) is 0 Å². The average Bonchev–Trinajstić information content (AvgIpc) is 2.16. The second kappa shape index (κ2) is 4.83. The van der Waals surface area contributed by atoms with E-state index < -0.39 is 6.43 Å². The molecule has 1 rings (SSSR count). The maximum absolute atomic E-state index is 12.5.